The summed E-state index contributed by atoms with van der Waals surface area (Å²) in [6, 6.07) is 13.5. The second-order valence-electron chi connectivity index (χ2n) is 7.71. The molecule has 1 aromatic heterocycles. The molecule has 0 fully saturated rings. The standard InChI is InChI=1S/C22H30N4O2S/c1-6-13-26-21-12-11-17(29(27,28)25(4)5)14-20(21)24-22(26)15-23-19-10-8-7-9-18(19)16(2)3/h7-12,14,16,23H,6,13,15H2,1-5H3. The predicted molar refractivity (Wildman–Crippen MR) is 119 cm³/mol. The van der Waals surface area contributed by atoms with E-state index in [2.05, 4.69) is 48.9 Å². The van der Waals surface area contributed by atoms with Gasteiger partial charge in [0.05, 0.1) is 22.5 Å². The molecular formula is C22H30N4O2S. The van der Waals surface area contributed by atoms with E-state index >= 15 is 0 Å². The molecule has 3 aromatic rings. The summed E-state index contributed by atoms with van der Waals surface area (Å²) in [6.45, 7) is 7.90. The Labute approximate surface area is 173 Å². The lowest BCUT2D eigenvalue weighted by Crippen LogP contribution is -2.22. The van der Waals surface area contributed by atoms with Crippen molar-refractivity contribution in [2.45, 2.75) is 51.1 Å². The number of para-hydroxylation sites is 1. The molecule has 0 radical (unpaired) electrons. The molecule has 29 heavy (non-hydrogen) atoms. The Morgan fingerprint density at radius 3 is 2.52 bits per heavy atom. The van der Waals surface area contributed by atoms with E-state index in [1.165, 1.54) is 24.0 Å². The smallest absolute Gasteiger partial charge is 0.242 e. The number of anilines is 1. The van der Waals surface area contributed by atoms with Crippen molar-refractivity contribution < 1.29 is 8.42 Å². The van der Waals surface area contributed by atoms with Gasteiger partial charge in [0.15, 0.2) is 0 Å². The molecule has 1 heterocycles. The number of imidazole rings is 1. The number of aryl methyl sites for hydroxylation is 1. The highest BCUT2D eigenvalue weighted by atomic mass is 32.2. The van der Waals surface area contributed by atoms with Gasteiger partial charge in [0.1, 0.15) is 5.82 Å². The predicted octanol–water partition coefficient (Wildman–Crippen LogP) is 4.43. The minimum atomic E-state index is -3.49. The Morgan fingerprint density at radius 2 is 1.86 bits per heavy atom. The maximum absolute atomic E-state index is 12.5. The van der Waals surface area contributed by atoms with Crippen molar-refractivity contribution in [3.63, 3.8) is 0 Å². The first kappa shape index (κ1) is 21.3. The molecule has 0 unspecified atom stereocenters. The fourth-order valence-electron chi connectivity index (χ4n) is 3.47. The van der Waals surface area contributed by atoms with Crippen LogP contribution in [0.2, 0.25) is 0 Å². The number of fused-ring (bicyclic) bond motifs is 1. The van der Waals surface area contributed by atoms with Gasteiger partial charge in [-0.2, -0.15) is 0 Å². The molecule has 1 N–H and O–H groups in total. The Bertz CT molecular complexity index is 1100. The summed E-state index contributed by atoms with van der Waals surface area (Å²) in [7, 11) is -0.409. The molecule has 0 bridgehead atoms. The molecule has 2 aromatic carbocycles. The topological polar surface area (TPSA) is 67.2 Å². The maximum atomic E-state index is 12.5. The molecule has 7 heteroatoms. The molecule has 0 spiro atoms. The molecule has 0 aliphatic rings. The van der Waals surface area contributed by atoms with Gasteiger partial charge in [0.25, 0.3) is 0 Å². The van der Waals surface area contributed by atoms with E-state index in [9.17, 15) is 8.42 Å². The van der Waals surface area contributed by atoms with Crippen LogP contribution in [-0.4, -0.2) is 36.4 Å². The van der Waals surface area contributed by atoms with E-state index in [0.717, 1.165) is 30.0 Å². The van der Waals surface area contributed by atoms with Crippen LogP contribution in [0, 0.1) is 0 Å². The van der Waals surface area contributed by atoms with Gasteiger partial charge in [-0.05, 0) is 42.2 Å². The van der Waals surface area contributed by atoms with Gasteiger partial charge in [-0.1, -0.05) is 39.0 Å². The summed E-state index contributed by atoms with van der Waals surface area (Å²) in [5.74, 6) is 1.33. The average Bonchev–Trinajstić information content (AvgIpc) is 3.03. The summed E-state index contributed by atoms with van der Waals surface area (Å²) < 4.78 is 28.4. The van der Waals surface area contributed by atoms with Gasteiger partial charge in [0, 0.05) is 26.3 Å². The quantitative estimate of drug-likeness (QED) is 0.592. The molecule has 3 rings (SSSR count). The Morgan fingerprint density at radius 1 is 1.14 bits per heavy atom. The average molecular weight is 415 g/mol. The fourth-order valence-corrected chi connectivity index (χ4v) is 4.40. The van der Waals surface area contributed by atoms with Crippen molar-refractivity contribution in [2.24, 2.45) is 0 Å². The van der Waals surface area contributed by atoms with Crippen LogP contribution in [0.1, 0.15) is 44.5 Å². The fraction of sp³-hybridized carbons (Fsp3) is 0.409. The molecule has 0 amide bonds. The van der Waals surface area contributed by atoms with Gasteiger partial charge in [-0.3, -0.25) is 0 Å². The van der Waals surface area contributed by atoms with Crippen molar-refractivity contribution in [1.82, 2.24) is 13.9 Å². The summed E-state index contributed by atoms with van der Waals surface area (Å²) in [4.78, 5) is 5.04. The van der Waals surface area contributed by atoms with Gasteiger partial charge in [0.2, 0.25) is 10.0 Å². The van der Waals surface area contributed by atoms with Crippen LogP contribution in [-0.2, 0) is 23.1 Å². The zero-order chi connectivity index (χ0) is 21.2. The number of rotatable bonds is 8. The zero-order valence-electron chi connectivity index (χ0n) is 17.8. The highest BCUT2D eigenvalue weighted by Crippen LogP contribution is 2.26. The highest BCUT2D eigenvalue weighted by molar-refractivity contribution is 7.89. The lowest BCUT2D eigenvalue weighted by molar-refractivity contribution is 0.521. The third-order valence-electron chi connectivity index (χ3n) is 5.04. The summed E-state index contributed by atoms with van der Waals surface area (Å²) in [5, 5.41) is 3.52. The number of nitrogens with one attached hydrogen (secondary N) is 1. The molecule has 156 valence electrons. The maximum Gasteiger partial charge on any atom is 0.242 e. The Balaban J connectivity index is 1.98. The van der Waals surface area contributed by atoms with Crippen LogP contribution in [0.25, 0.3) is 11.0 Å². The summed E-state index contributed by atoms with van der Waals surface area (Å²) in [5.41, 5.74) is 4.03. The summed E-state index contributed by atoms with van der Waals surface area (Å²) >= 11 is 0. The van der Waals surface area contributed by atoms with Gasteiger partial charge in [-0.25, -0.2) is 17.7 Å². The minimum Gasteiger partial charge on any atom is -0.378 e. The highest BCUT2D eigenvalue weighted by Gasteiger charge is 2.19. The molecule has 6 nitrogen and oxygen atoms in total. The molecule has 0 aliphatic carbocycles. The van der Waals surface area contributed by atoms with E-state index in [4.69, 9.17) is 4.98 Å². The SMILES string of the molecule is CCCn1c(CNc2ccccc2C(C)C)nc2cc(S(=O)(=O)N(C)C)ccc21. The lowest BCUT2D eigenvalue weighted by Gasteiger charge is -2.15. The van der Waals surface area contributed by atoms with Crippen molar-refractivity contribution in [2.75, 3.05) is 19.4 Å². The molecular weight excluding hydrogens is 384 g/mol. The minimum absolute atomic E-state index is 0.265. The van der Waals surface area contributed by atoms with Crippen LogP contribution in [0.5, 0.6) is 0 Å². The van der Waals surface area contributed by atoms with E-state index in [1.807, 2.05) is 12.1 Å². The van der Waals surface area contributed by atoms with E-state index in [0.29, 0.717) is 18.0 Å². The number of aromatic nitrogens is 2. The van der Waals surface area contributed by atoms with Crippen LogP contribution in [0.3, 0.4) is 0 Å². The first-order valence-electron chi connectivity index (χ1n) is 10.00. The molecule has 0 atom stereocenters. The van der Waals surface area contributed by atoms with Crippen molar-refractivity contribution in [3.8, 4) is 0 Å². The Kier molecular flexibility index (Phi) is 6.29. The number of benzene rings is 2. The first-order chi connectivity index (χ1) is 13.8. The van der Waals surface area contributed by atoms with Crippen molar-refractivity contribution in [3.05, 3.63) is 53.9 Å². The first-order valence-corrected chi connectivity index (χ1v) is 11.4. The molecule has 0 aliphatic heterocycles. The van der Waals surface area contributed by atoms with E-state index < -0.39 is 10.0 Å². The van der Waals surface area contributed by atoms with Gasteiger partial charge >= 0.3 is 0 Å². The van der Waals surface area contributed by atoms with E-state index in [1.54, 1.807) is 12.1 Å². The van der Waals surface area contributed by atoms with Gasteiger partial charge in [-0.15, -0.1) is 0 Å². The van der Waals surface area contributed by atoms with Crippen LogP contribution < -0.4 is 5.32 Å². The van der Waals surface area contributed by atoms with Crippen molar-refractivity contribution in [1.29, 1.82) is 0 Å². The number of nitrogens with zero attached hydrogens (tertiary/aromatic N) is 3. The van der Waals surface area contributed by atoms with Crippen LogP contribution in [0.4, 0.5) is 5.69 Å². The zero-order valence-corrected chi connectivity index (χ0v) is 18.6. The summed E-state index contributed by atoms with van der Waals surface area (Å²) in [6.07, 6.45) is 0.971. The Hall–Kier alpha value is -2.38. The van der Waals surface area contributed by atoms with Crippen LogP contribution >= 0.6 is 0 Å². The molecule has 0 saturated heterocycles. The van der Waals surface area contributed by atoms with Crippen molar-refractivity contribution >= 4 is 26.7 Å². The second-order valence-corrected chi connectivity index (χ2v) is 9.86. The van der Waals surface area contributed by atoms with E-state index in [-0.39, 0.29) is 4.90 Å². The normalized spacial score (nSPS) is 12.2. The van der Waals surface area contributed by atoms with Crippen LogP contribution in [0.15, 0.2) is 47.4 Å². The third-order valence-corrected chi connectivity index (χ3v) is 6.86. The second kappa shape index (κ2) is 8.55. The van der Waals surface area contributed by atoms with Gasteiger partial charge < -0.3 is 9.88 Å². The number of hydrogen-bond acceptors (Lipinski definition) is 4. The largest absolute Gasteiger partial charge is 0.378 e. The monoisotopic (exact) mass is 414 g/mol. The third kappa shape index (κ3) is 4.31. The lowest BCUT2D eigenvalue weighted by atomic mass is 10.0. The number of sulfonamides is 1. The molecule has 0 saturated carbocycles. The number of hydrogen-bond donors (Lipinski definition) is 1.